The van der Waals surface area contributed by atoms with E-state index >= 15 is 0 Å². The van der Waals surface area contributed by atoms with Crippen molar-refractivity contribution < 1.29 is 13.5 Å². The van der Waals surface area contributed by atoms with Gasteiger partial charge in [-0.15, -0.1) is 0 Å². The smallest absolute Gasteiger partial charge is 0.223 e. The number of nitrogens with one attached hydrogen (secondary N) is 2. The Morgan fingerprint density at radius 3 is 2.78 bits per heavy atom. The molecule has 3 N–H and O–H groups in total. The summed E-state index contributed by atoms with van der Waals surface area (Å²) >= 11 is 0. The fourth-order valence-electron chi connectivity index (χ4n) is 3.99. The van der Waals surface area contributed by atoms with Gasteiger partial charge in [-0.3, -0.25) is 4.57 Å². The van der Waals surface area contributed by atoms with E-state index in [-0.39, 0.29) is 17.9 Å². The molecule has 1 saturated carbocycles. The first-order valence-electron chi connectivity index (χ1n) is 11.0. The maximum Gasteiger partial charge on any atom is 0.223 e. The molecule has 0 amide bonds. The normalized spacial score (nSPS) is 23.9. The molecular formula is C22H30N6O3S. The van der Waals surface area contributed by atoms with Gasteiger partial charge in [-0.05, 0) is 44.6 Å². The molecule has 3 heterocycles. The summed E-state index contributed by atoms with van der Waals surface area (Å²) in [5.41, 5.74) is 2.40. The molecule has 9 nitrogen and oxygen atoms in total. The number of hydrogen-bond acceptors (Lipinski definition) is 8. The van der Waals surface area contributed by atoms with E-state index in [4.69, 9.17) is 4.98 Å². The van der Waals surface area contributed by atoms with Gasteiger partial charge >= 0.3 is 0 Å². The quantitative estimate of drug-likeness (QED) is 0.578. The van der Waals surface area contributed by atoms with E-state index in [0.717, 1.165) is 61.4 Å². The summed E-state index contributed by atoms with van der Waals surface area (Å²) in [6.07, 6.45) is 15.8. The summed E-state index contributed by atoms with van der Waals surface area (Å²) in [7, 11) is -3.05. The molecule has 1 aliphatic heterocycles. The summed E-state index contributed by atoms with van der Waals surface area (Å²) in [5, 5.41) is 16.3. The SMILES string of the molecule is CS(=O)(=O)CCN/C1=C/CC/C=C\n2c(-c3ccnc(NC4CCC(O)CC4)n3)cnc21. The number of fused-ring (bicyclic) bond motifs is 1. The standard InChI is InChI=1S/C22H30N6O3S/c1-32(30,31)14-12-23-19-5-3-2-4-13-28-20(15-25-21(19)28)18-10-11-24-22(27-18)26-16-6-8-17(29)9-7-16/h4-5,10-11,13,15-17,23,29H,2-3,6-9,12,14H2,1H3,(H,24,26,27)/b13-4-,19-5+. The van der Waals surface area contributed by atoms with Gasteiger partial charge in [0.15, 0.2) is 5.82 Å². The first-order valence-corrected chi connectivity index (χ1v) is 13.1. The summed E-state index contributed by atoms with van der Waals surface area (Å²) in [6.45, 7) is 0.328. The molecule has 10 heteroatoms. The van der Waals surface area contributed by atoms with Gasteiger partial charge in [-0.1, -0.05) is 12.2 Å². The van der Waals surface area contributed by atoms with Crippen molar-refractivity contribution in [2.75, 3.05) is 23.9 Å². The number of rotatable bonds is 7. The lowest BCUT2D eigenvalue weighted by Gasteiger charge is -2.26. The molecule has 0 spiro atoms. The second kappa shape index (κ2) is 9.83. The summed E-state index contributed by atoms with van der Waals surface area (Å²) in [5.74, 6) is 1.35. The fraction of sp³-hybridized carbons (Fsp3) is 0.500. The minimum Gasteiger partial charge on any atom is -0.393 e. The highest BCUT2D eigenvalue weighted by Gasteiger charge is 2.21. The molecule has 2 aromatic rings. The highest BCUT2D eigenvalue weighted by Crippen LogP contribution is 2.26. The number of aliphatic hydroxyl groups is 1. The average molecular weight is 459 g/mol. The number of imidazole rings is 1. The van der Waals surface area contributed by atoms with Crippen molar-refractivity contribution in [3.8, 4) is 11.4 Å². The molecule has 1 fully saturated rings. The van der Waals surface area contributed by atoms with Gasteiger partial charge in [0.05, 0.1) is 35.1 Å². The Morgan fingerprint density at radius 2 is 2.00 bits per heavy atom. The summed E-state index contributed by atoms with van der Waals surface area (Å²) in [6, 6.07) is 2.11. The van der Waals surface area contributed by atoms with Gasteiger partial charge in [0.25, 0.3) is 0 Å². The molecule has 4 rings (SSSR count). The van der Waals surface area contributed by atoms with E-state index in [1.54, 1.807) is 12.4 Å². The van der Waals surface area contributed by atoms with Crippen LogP contribution in [0.5, 0.6) is 0 Å². The third-order valence-corrected chi connectivity index (χ3v) is 6.66. The number of nitrogens with zero attached hydrogens (tertiary/aromatic N) is 4. The van der Waals surface area contributed by atoms with E-state index in [2.05, 4.69) is 32.8 Å². The van der Waals surface area contributed by atoms with Crippen LogP contribution in [0.3, 0.4) is 0 Å². The lowest BCUT2D eigenvalue weighted by molar-refractivity contribution is 0.126. The Bertz CT molecular complexity index is 1100. The lowest BCUT2D eigenvalue weighted by Crippen LogP contribution is -2.28. The topological polar surface area (TPSA) is 122 Å². The van der Waals surface area contributed by atoms with Crippen molar-refractivity contribution in [2.45, 2.75) is 50.7 Å². The number of sulfone groups is 1. The monoisotopic (exact) mass is 458 g/mol. The molecular weight excluding hydrogens is 428 g/mol. The van der Waals surface area contributed by atoms with E-state index in [1.807, 2.05) is 16.8 Å². The zero-order chi connectivity index (χ0) is 22.6. The molecule has 0 saturated heterocycles. The third kappa shape index (κ3) is 5.74. The van der Waals surface area contributed by atoms with Gasteiger partial charge in [0.1, 0.15) is 9.84 Å². The minimum atomic E-state index is -3.05. The number of anilines is 1. The molecule has 0 atom stereocenters. The molecule has 172 valence electrons. The van der Waals surface area contributed by atoms with Gasteiger partial charge in [-0.25, -0.2) is 23.4 Å². The van der Waals surface area contributed by atoms with Crippen LogP contribution in [-0.4, -0.2) is 63.7 Å². The lowest BCUT2D eigenvalue weighted by atomic mass is 9.93. The van der Waals surface area contributed by atoms with Crippen LogP contribution in [-0.2, 0) is 9.84 Å². The number of allylic oxidation sites excluding steroid dienone is 2. The van der Waals surface area contributed by atoms with Gasteiger partial charge in [0.2, 0.25) is 5.95 Å². The van der Waals surface area contributed by atoms with Crippen molar-refractivity contribution in [1.82, 2.24) is 24.8 Å². The highest BCUT2D eigenvalue weighted by atomic mass is 32.2. The van der Waals surface area contributed by atoms with Crippen LogP contribution in [0.25, 0.3) is 23.3 Å². The van der Waals surface area contributed by atoms with Crippen LogP contribution in [0.15, 0.2) is 30.6 Å². The third-order valence-electron chi connectivity index (χ3n) is 5.71. The van der Waals surface area contributed by atoms with E-state index in [1.165, 1.54) is 6.26 Å². The Hall–Kier alpha value is -2.72. The van der Waals surface area contributed by atoms with Gasteiger partial charge in [0, 0.05) is 31.2 Å². The van der Waals surface area contributed by atoms with Gasteiger partial charge < -0.3 is 15.7 Å². The molecule has 2 aliphatic rings. The average Bonchev–Trinajstić information content (AvgIpc) is 3.14. The Kier molecular flexibility index (Phi) is 6.90. The van der Waals surface area contributed by atoms with Crippen LogP contribution in [0, 0.1) is 0 Å². The van der Waals surface area contributed by atoms with Crippen LogP contribution >= 0.6 is 0 Å². The van der Waals surface area contributed by atoms with Crippen molar-refractivity contribution in [3.63, 3.8) is 0 Å². The Labute approximate surface area is 188 Å². The summed E-state index contributed by atoms with van der Waals surface area (Å²) in [4.78, 5) is 13.7. The van der Waals surface area contributed by atoms with E-state index in [0.29, 0.717) is 12.5 Å². The van der Waals surface area contributed by atoms with Crippen LogP contribution in [0.4, 0.5) is 5.95 Å². The molecule has 2 aromatic heterocycles. The molecule has 0 unspecified atom stereocenters. The predicted octanol–water partition coefficient (Wildman–Crippen LogP) is 2.30. The van der Waals surface area contributed by atoms with Crippen molar-refractivity contribution >= 4 is 27.7 Å². The van der Waals surface area contributed by atoms with Gasteiger partial charge in [-0.2, -0.15) is 0 Å². The number of aliphatic hydroxyl groups excluding tert-OH is 1. The molecule has 0 bridgehead atoms. The molecule has 32 heavy (non-hydrogen) atoms. The molecule has 1 aliphatic carbocycles. The fourth-order valence-corrected chi connectivity index (χ4v) is 4.46. The Balaban J connectivity index is 1.56. The first kappa shape index (κ1) is 22.5. The number of hydrogen-bond donors (Lipinski definition) is 3. The van der Waals surface area contributed by atoms with Crippen LogP contribution in [0.2, 0.25) is 0 Å². The number of aromatic nitrogens is 4. The first-order chi connectivity index (χ1) is 15.4. The van der Waals surface area contributed by atoms with Crippen LogP contribution in [0.1, 0.15) is 44.3 Å². The largest absolute Gasteiger partial charge is 0.393 e. The van der Waals surface area contributed by atoms with Crippen molar-refractivity contribution in [3.05, 3.63) is 36.4 Å². The zero-order valence-electron chi connectivity index (χ0n) is 18.2. The maximum absolute atomic E-state index is 11.5. The zero-order valence-corrected chi connectivity index (χ0v) is 19.1. The molecule has 0 aromatic carbocycles. The summed E-state index contributed by atoms with van der Waals surface area (Å²) < 4.78 is 25.0. The van der Waals surface area contributed by atoms with Crippen LogP contribution < -0.4 is 10.6 Å². The van der Waals surface area contributed by atoms with E-state index < -0.39 is 9.84 Å². The minimum absolute atomic E-state index is 0.0624. The van der Waals surface area contributed by atoms with E-state index in [9.17, 15) is 13.5 Å². The second-order valence-electron chi connectivity index (χ2n) is 8.39. The maximum atomic E-state index is 11.5. The Morgan fingerprint density at radius 1 is 1.19 bits per heavy atom. The predicted molar refractivity (Wildman–Crippen MR) is 125 cm³/mol. The highest BCUT2D eigenvalue weighted by molar-refractivity contribution is 7.90. The molecule has 0 radical (unpaired) electrons. The van der Waals surface area contributed by atoms with Crippen molar-refractivity contribution in [2.24, 2.45) is 0 Å². The van der Waals surface area contributed by atoms with Crippen molar-refractivity contribution in [1.29, 1.82) is 0 Å². The second-order valence-corrected chi connectivity index (χ2v) is 10.6.